The first-order valence-corrected chi connectivity index (χ1v) is 9.69. The maximum Gasteiger partial charge on any atom is 0.176 e. The highest BCUT2D eigenvalue weighted by atomic mass is 16.5. The third-order valence-corrected chi connectivity index (χ3v) is 5.89. The molecular formula is C24H21N3O2. The van der Waals surface area contributed by atoms with Crippen LogP contribution in [-0.4, -0.2) is 24.5 Å². The molecule has 0 spiro atoms. The molecular weight excluding hydrogens is 362 g/mol. The highest BCUT2D eigenvalue weighted by Gasteiger charge is 2.63. The van der Waals surface area contributed by atoms with Crippen LogP contribution in [0.3, 0.4) is 0 Å². The molecule has 2 aliphatic rings. The van der Waals surface area contributed by atoms with Crippen LogP contribution in [0, 0.1) is 28.1 Å². The van der Waals surface area contributed by atoms with Gasteiger partial charge in [-0.3, -0.25) is 4.79 Å². The molecule has 0 bridgehead atoms. The fraction of sp³-hybridized carbons (Fsp3) is 0.292. The van der Waals surface area contributed by atoms with Gasteiger partial charge in [0, 0.05) is 17.2 Å². The van der Waals surface area contributed by atoms with Crippen LogP contribution in [0.2, 0.25) is 0 Å². The number of rotatable bonds is 4. The Morgan fingerprint density at radius 2 is 1.83 bits per heavy atom. The number of carbonyl (C=O) groups excluding carboxylic acids is 1. The van der Waals surface area contributed by atoms with Crippen molar-refractivity contribution in [3.8, 4) is 17.9 Å². The lowest BCUT2D eigenvalue weighted by Gasteiger charge is -2.35. The first kappa shape index (κ1) is 18.8. The van der Waals surface area contributed by atoms with E-state index in [1.807, 2.05) is 72.5 Å². The third-order valence-electron chi connectivity index (χ3n) is 5.89. The molecule has 0 radical (unpaired) electrons. The van der Waals surface area contributed by atoms with Gasteiger partial charge in [-0.1, -0.05) is 48.6 Å². The quantitative estimate of drug-likeness (QED) is 0.795. The molecule has 144 valence electrons. The monoisotopic (exact) mass is 383 g/mol. The average Bonchev–Trinajstić information content (AvgIpc) is 3.05. The minimum atomic E-state index is -1.42. The van der Waals surface area contributed by atoms with Crippen LogP contribution in [0.4, 0.5) is 5.69 Å². The molecule has 0 unspecified atom stereocenters. The summed E-state index contributed by atoms with van der Waals surface area (Å²) in [7, 11) is 0. The van der Waals surface area contributed by atoms with Crippen molar-refractivity contribution in [3.63, 3.8) is 0 Å². The van der Waals surface area contributed by atoms with E-state index < -0.39 is 23.4 Å². The predicted molar refractivity (Wildman–Crippen MR) is 110 cm³/mol. The van der Waals surface area contributed by atoms with Crippen molar-refractivity contribution in [2.45, 2.75) is 31.8 Å². The van der Waals surface area contributed by atoms with Gasteiger partial charge in [-0.15, -0.1) is 0 Å². The van der Waals surface area contributed by atoms with Crippen LogP contribution in [0.15, 0.2) is 54.6 Å². The van der Waals surface area contributed by atoms with E-state index in [0.717, 1.165) is 16.8 Å². The van der Waals surface area contributed by atoms with E-state index in [4.69, 9.17) is 4.74 Å². The van der Waals surface area contributed by atoms with Gasteiger partial charge in [-0.25, -0.2) is 0 Å². The Balaban J connectivity index is 2.00. The molecule has 5 nitrogen and oxygen atoms in total. The van der Waals surface area contributed by atoms with E-state index in [2.05, 4.69) is 12.1 Å². The molecule has 3 atom stereocenters. The first-order chi connectivity index (χ1) is 14.1. The Morgan fingerprint density at radius 1 is 1.14 bits per heavy atom. The van der Waals surface area contributed by atoms with E-state index >= 15 is 0 Å². The number of para-hydroxylation sites is 2. The Labute approximate surface area is 170 Å². The standard InChI is InChI=1S/C24H21N3O2/c1-3-29-20-11-7-5-9-18(20)22-23(16(2)28)27-19-10-6-4-8-17(19)12-13-21(27)24(22,14-25)15-26/h4-13,21-23H,3H2,1-2H3/t21-,22-,23-/m0/s1. The molecule has 2 aromatic rings. The van der Waals surface area contributed by atoms with Crippen LogP contribution in [0.1, 0.15) is 30.9 Å². The van der Waals surface area contributed by atoms with Gasteiger partial charge in [0.2, 0.25) is 0 Å². The minimum absolute atomic E-state index is 0.0798. The van der Waals surface area contributed by atoms with Gasteiger partial charge in [-0.2, -0.15) is 10.5 Å². The van der Waals surface area contributed by atoms with E-state index in [9.17, 15) is 15.3 Å². The second kappa shape index (κ2) is 7.11. The van der Waals surface area contributed by atoms with E-state index in [1.165, 1.54) is 6.92 Å². The fourth-order valence-corrected chi connectivity index (χ4v) is 4.76. The highest BCUT2D eigenvalue weighted by Crippen LogP contribution is 2.56. The number of ether oxygens (including phenoxy) is 1. The molecule has 2 aromatic carbocycles. The molecule has 1 saturated heterocycles. The summed E-state index contributed by atoms with van der Waals surface area (Å²) in [6.07, 6.45) is 3.82. The van der Waals surface area contributed by atoms with Gasteiger partial charge in [0.25, 0.3) is 0 Å². The number of fused-ring (bicyclic) bond motifs is 3. The van der Waals surface area contributed by atoms with Gasteiger partial charge < -0.3 is 9.64 Å². The molecule has 0 saturated carbocycles. The topological polar surface area (TPSA) is 77.1 Å². The van der Waals surface area contributed by atoms with E-state index in [1.54, 1.807) is 0 Å². The van der Waals surface area contributed by atoms with Crippen LogP contribution in [-0.2, 0) is 4.79 Å². The zero-order chi connectivity index (χ0) is 20.6. The zero-order valence-electron chi connectivity index (χ0n) is 16.4. The summed E-state index contributed by atoms with van der Waals surface area (Å²) >= 11 is 0. The second-order valence-electron chi connectivity index (χ2n) is 7.37. The summed E-state index contributed by atoms with van der Waals surface area (Å²) in [6.45, 7) is 3.87. The number of benzene rings is 2. The van der Waals surface area contributed by atoms with Crippen molar-refractivity contribution in [1.82, 2.24) is 0 Å². The SMILES string of the molecule is CCOc1ccccc1[C@H]1[C@H](C(C)=O)N2c3ccccc3C=C[C@H]2C1(C#N)C#N. The summed E-state index contributed by atoms with van der Waals surface area (Å²) in [6, 6.07) is 18.6. The van der Waals surface area contributed by atoms with Gasteiger partial charge in [-0.05, 0) is 31.5 Å². The third kappa shape index (κ3) is 2.62. The molecule has 0 amide bonds. The number of anilines is 1. The number of hydrogen-bond acceptors (Lipinski definition) is 5. The molecule has 29 heavy (non-hydrogen) atoms. The fourth-order valence-electron chi connectivity index (χ4n) is 4.76. The minimum Gasteiger partial charge on any atom is -0.494 e. The van der Waals surface area contributed by atoms with Gasteiger partial charge in [0.15, 0.2) is 11.2 Å². The van der Waals surface area contributed by atoms with E-state index in [0.29, 0.717) is 12.4 Å². The normalized spacial score (nSPS) is 23.4. The Morgan fingerprint density at radius 3 is 2.52 bits per heavy atom. The Bertz CT molecular complexity index is 1060. The van der Waals surface area contributed by atoms with Crippen molar-refractivity contribution < 1.29 is 9.53 Å². The van der Waals surface area contributed by atoms with Crippen LogP contribution in [0.25, 0.3) is 6.08 Å². The van der Waals surface area contributed by atoms with Gasteiger partial charge >= 0.3 is 0 Å². The molecule has 2 heterocycles. The van der Waals surface area contributed by atoms with Gasteiger partial charge in [0.05, 0.1) is 30.8 Å². The van der Waals surface area contributed by atoms with Crippen LogP contribution >= 0.6 is 0 Å². The number of carbonyl (C=O) groups is 1. The first-order valence-electron chi connectivity index (χ1n) is 9.69. The molecule has 1 fully saturated rings. The van der Waals surface area contributed by atoms with Crippen molar-refractivity contribution in [2.24, 2.45) is 5.41 Å². The maximum absolute atomic E-state index is 13.0. The molecule has 0 aliphatic carbocycles. The molecule has 0 aromatic heterocycles. The maximum atomic E-state index is 13.0. The largest absolute Gasteiger partial charge is 0.494 e. The van der Waals surface area contributed by atoms with Crippen molar-refractivity contribution >= 4 is 17.5 Å². The number of hydrogen-bond donors (Lipinski definition) is 0. The smallest absolute Gasteiger partial charge is 0.176 e. The van der Waals surface area contributed by atoms with Crippen LogP contribution in [0.5, 0.6) is 5.75 Å². The zero-order valence-corrected chi connectivity index (χ0v) is 16.4. The average molecular weight is 383 g/mol. The Kier molecular flexibility index (Phi) is 4.60. The molecule has 4 rings (SSSR count). The van der Waals surface area contributed by atoms with Crippen LogP contribution < -0.4 is 9.64 Å². The number of nitrogens with zero attached hydrogens (tertiary/aromatic N) is 3. The van der Waals surface area contributed by atoms with Crippen molar-refractivity contribution in [1.29, 1.82) is 10.5 Å². The summed E-state index contributed by atoms with van der Waals surface area (Å²) < 4.78 is 5.82. The predicted octanol–water partition coefficient (Wildman–Crippen LogP) is 4.08. The van der Waals surface area contributed by atoms with Gasteiger partial charge in [0.1, 0.15) is 5.75 Å². The number of nitriles is 2. The van der Waals surface area contributed by atoms with Crippen molar-refractivity contribution in [3.05, 3.63) is 65.7 Å². The summed E-state index contributed by atoms with van der Waals surface area (Å²) in [5.41, 5.74) is 1.14. The number of Topliss-reactive ketones (excluding diaryl/α,β-unsaturated/α-hetero) is 1. The van der Waals surface area contributed by atoms with E-state index in [-0.39, 0.29) is 5.78 Å². The highest BCUT2D eigenvalue weighted by molar-refractivity contribution is 5.91. The Hall–Kier alpha value is -3.57. The second-order valence-corrected chi connectivity index (χ2v) is 7.37. The molecule has 5 heteroatoms. The summed E-state index contributed by atoms with van der Waals surface area (Å²) in [4.78, 5) is 14.9. The lowest BCUT2D eigenvalue weighted by atomic mass is 9.69. The summed E-state index contributed by atoms with van der Waals surface area (Å²) in [5, 5.41) is 20.5. The lowest BCUT2D eigenvalue weighted by Crippen LogP contribution is -2.43. The lowest BCUT2D eigenvalue weighted by molar-refractivity contribution is -0.118. The number of ketones is 1. The summed E-state index contributed by atoms with van der Waals surface area (Å²) in [5.74, 6) is -0.111. The molecule has 0 N–H and O–H groups in total. The molecule has 2 aliphatic heterocycles. The van der Waals surface area contributed by atoms with Crippen molar-refractivity contribution in [2.75, 3.05) is 11.5 Å².